The molecule has 0 radical (unpaired) electrons. The number of hydrogen-bond acceptors (Lipinski definition) is 4. The quantitative estimate of drug-likeness (QED) is 0.551. The number of para-hydroxylation sites is 1. The summed E-state index contributed by atoms with van der Waals surface area (Å²) in [5.41, 5.74) is 5.63. The maximum absolute atomic E-state index is 12.8. The third-order valence-corrected chi connectivity index (χ3v) is 5.05. The summed E-state index contributed by atoms with van der Waals surface area (Å²) < 4.78 is 0. The first kappa shape index (κ1) is 22.7. The molecule has 164 valence electrons. The molecule has 0 atom stereocenters. The van der Waals surface area contributed by atoms with Crippen molar-refractivity contribution in [3.63, 3.8) is 0 Å². The fourth-order valence-corrected chi connectivity index (χ4v) is 3.53. The van der Waals surface area contributed by atoms with Gasteiger partial charge in [-0.05, 0) is 62.6 Å². The van der Waals surface area contributed by atoms with E-state index in [1.54, 1.807) is 37.3 Å². The molecule has 0 bridgehead atoms. The Hall–Kier alpha value is -4.00. The normalized spacial score (nSPS) is 10.4. The lowest BCUT2D eigenvalue weighted by Gasteiger charge is -2.15. The van der Waals surface area contributed by atoms with Gasteiger partial charge in [-0.1, -0.05) is 29.8 Å². The molecule has 2 aromatic carbocycles. The summed E-state index contributed by atoms with van der Waals surface area (Å²) in [6.45, 7) is 7.46. The van der Waals surface area contributed by atoms with Crippen LogP contribution in [0, 0.1) is 27.7 Å². The van der Waals surface area contributed by atoms with E-state index in [2.05, 4.69) is 20.9 Å². The molecule has 1 heterocycles. The number of rotatable bonds is 6. The van der Waals surface area contributed by atoms with Crippen molar-refractivity contribution >= 4 is 29.1 Å². The summed E-state index contributed by atoms with van der Waals surface area (Å²) in [4.78, 5) is 41.7. The Morgan fingerprint density at radius 1 is 0.781 bits per heavy atom. The van der Waals surface area contributed by atoms with Crippen molar-refractivity contribution in [2.24, 2.45) is 0 Å². The first-order valence-electron chi connectivity index (χ1n) is 10.2. The van der Waals surface area contributed by atoms with Crippen LogP contribution in [0.2, 0.25) is 0 Å². The van der Waals surface area contributed by atoms with Gasteiger partial charge in [-0.2, -0.15) is 0 Å². The molecule has 7 nitrogen and oxygen atoms in total. The van der Waals surface area contributed by atoms with E-state index >= 15 is 0 Å². The first-order valence-corrected chi connectivity index (χ1v) is 10.2. The highest BCUT2D eigenvalue weighted by atomic mass is 16.2. The average Bonchev–Trinajstić information content (AvgIpc) is 2.76. The molecule has 0 saturated heterocycles. The Labute approximate surface area is 187 Å². The number of carbonyl (C=O) groups excluding carboxylic acids is 3. The molecule has 0 aliphatic carbocycles. The second-order valence-electron chi connectivity index (χ2n) is 7.69. The minimum Gasteiger partial charge on any atom is -0.343 e. The fraction of sp³-hybridized carbons (Fsp3) is 0.200. The van der Waals surface area contributed by atoms with Gasteiger partial charge in [-0.3, -0.25) is 19.4 Å². The van der Waals surface area contributed by atoms with Crippen LogP contribution in [0.25, 0.3) is 0 Å². The van der Waals surface area contributed by atoms with Crippen LogP contribution >= 0.6 is 0 Å². The zero-order valence-corrected chi connectivity index (χ0v) is 18.6. The van der Waals surface area contributed by atoms with Crippen molar-refractivity contribution in [1.29, 1.82) is 0 Å². The average molecular weight is 431 g/mol. The summed E-state index contributed by atoms with van der Waals surface area (Å²) in [6, 6.07) is 12.3. The van der Waals surface area contributed by atoms with Crippen LogP contribution in [0.1, 0.15) is 43.0 Å². The van der Waals surface area contributed by atoms with Gasteiger partial charge in [0, 0.05) is 23.6 Å². The largest absolute Gasteiger partial charge is 0.343 e. The number of benzene rings is 2. The van der Waals surface area contributed by atoms with E-state index in [9.17, 15) is 14.4 Å². The van der Waals surface area contributed by atoms with E-state index in [4.69, 9.17) is 0 Å². The third-order valence-electron chi connectivity index (χ3n) is 5.05. The fourth-order valence-electron chi connectivity index (χ4n) is 3.53. The zero-order chi connectivity index (χ0) is 23.3. The molecule has 32 heavy (non-hydrogen) atoms. The monoisotopic (exact) mass is 430 g/mol. The van der Waals surface area contributed by atoms with Gasteiger partial charge in [-0.25, -0.2) is 0 Å². The number of carbonyl (C=O) groups is 3. The van der Waals surface area contributed by atoms with Crippen LogP contribution < -0.4 is 16.0 Å². The van der Waals surface area contributed by atoms with Crippen molar-refractivity contribution in [3.05, 3.63) is 88.2 Å². The molecule has 7 heteroatoms. The minimum atomic E-state index is -0.453. The lowest BCUT2D eigenvalue weighted by atomic mass is 10.1. The minimum absolute atomic E-state index is 0.197. The van der Waals surface area contributed by atoms with Gasteiger partial charge in [0.25, 0.3) is 11.8 Å². The van der Waals surface area contributed by atoms with Crippen LogP contribution in [0.3, 0.4) is 0 Å². The van der Waals surface area contributed by atoms with E-state index < -0.39 is 5.91 Å². The second kappa shape index (κ2) is 9.87. The van der Waals surface area contributed by atoms with Crippen LogP contribution in [0.15, 0.2) is 54.9 Å². The Kier molecular flexibility index (Phi) is 7.00. The Balaban J connectivity index is 1.70. The van der Waals surface area contributed by atoms with Crippen molar-refractivity contribution in [1.82, 2.24) is 10.3 Å². The molecule has 3 N–H and O–H groups in total. The summed E-state index contributed by atoms with van der Waals surface area (Å²) in [7, 11) is 0. The molecule has 0 spiro atoms. The molecular formula is C25H26N4O3. The van der Waals surface area contributed by atoms with E-state index in [-0.39, 0.29) is 23.9 Å². The molecule has 0 aliphatic heterocycles. The number of pyridine rings is 1. The molecular weight excluding hydrogens is 404 g/mol. The van der Waals surface area contributed by atoms with Crippen LogP contribution in [0.5, 0.6) is 0 Å². The summed E-state index contributed by atoms with van der Waals surface area (Å²) >= 11 is 0. The number of nitrogens with zero attached hydrogens (tertiary/aromatic N) is 1. The van der Waals surface area contributed by atoms with Crippen molar-refractivity contribution < 1.29 is 14.4 Å². The lowest BCUT2D eigenvalue weighted by molar-refractivity contribution is -0.115. The highest BCUT2D eigenvalue weighted by Crippen LogP contribution is 2.23. The summed E-state index contributed by atoms with van der Waals surface area (Å²) in [5, 5.41) is 8.30. The highest BCUT2D eigenvalue weighted by molar-refractivity contribution is 6.10. The standard InChI is InChI=1S/C25H26N4O3/c1-15-12-17(3)22(18(4)13-15)28-21(30)14-27-25(32)20-7-5-6-16(2)23(20)29-24(31)19-8-10-26-11-9-19/h5-13H,14H2,1-4H3,(H,27,32)(H,28,30)(H,29,31). The Morgan fingerprint density at radius 2 is 1.44 bits per heavy atom. The topological polar surface area (TPSA) is 100 Å². The third kappa shape index (κ3) is 5.37. The Bertz CT molecular complexity index is 1150. The molecule has 3 aromatic rings. The van der Waals surface area contributed by atoms with Gasteiger partial charge >= 0.3 is 0 Å². The molecule has 0 aliphatic rings. The number of aryl methyl sites for hydroxylation is 4. The van der Waals surface area contributed by atoms with Gasteiger partial charge in [-0.15, -0.1) is 0 Å². The molecule has 0 fully saturated rings. The first-order chi connectivity index (χ1) is 15.3. The molecule has 0 saturated carbocycles. The van der Waals surface area contributed by atoms with Gasteiger partial charge in [0.2, 0.25) is 5.91 Å². The van der Waals surface area contributed by atoms with Crippen LogP contribution in [-0.2, 0) is 4.79 Å². The van der Waals surface area contributed by atoms with Gasteiger partial charge in [0.15, 0.2) is 0 Å². The van der Waals surface area contributed by atoms with Crippen molar-refractivity contribution in [2.75, 3.05) is 17.2 Å². The number of aromatic nitrogens is 1. The van der Waals surface area contributed by atoms with Crippen molar-refractivity contribution in [3.8, 4) is 0 Å². The number of anilines is 2. The molecule has 3 rings (SSSR count). The van der Waals surface area contributed by atoms with Crippen molar-refractivity contribution in [2.45, 2.75) is 27.7 Å². The molecule has 0 unspecified atom stereocenters. The number of hydrogen-bond donors (Lipinski definition) is 3. The molecule has 3 amide bonds. The lowest BCUT2D eigenvalue weighted by Crippen LogP contribution is -2.33. The van der Waals surface area contributed by atoms with E-state index in [1.807, 2.05) is 32.9 Å². The zero-order valence-electron chi connectivity index (χ0n) is 18.6. The van der Waals surface area contributed by atoms with Gasteiger partial charge < -0.3 is 16.0 Å². The number of nitrogens with one attached hydrogen (secondary N) is 3. The smallest absolute Gasteiger partial charge is 0.255 e. The second-order valence-corrected chi connectivity index (χ2v) is 7.69. The highest BCUT2D eigenvalue weighted by Gasteiger charge is 2.17. The maximum Gasteiger partial charge on any atom is 0.255 e. The van der Waals surface area contributed by atoms with E-state index in [1.165, 1.54) is 12.4 Å². The number of amides is 3. The van der Waals surface area contributed by atoms with E-state index in [0.29, 0.717) is 11.3 Å². The predicted octanol–water partition coefficient (Wildman–Crippen LogP) is 3.94. The van der Waals surface area contributed by atoms with Crippen LogP contribution in [-0.4, -0.2) is 29.3 Å². The van der Waals surface area contributed by atoms with Crippen LogP contribution in [0.4, 0.5) is 11.4 Å². The van der Waals surface area contributed by atoms with E-state index in [0.717, 1.165) is 27.9 Å². The summed E-state index contributed by atoms with van der Waals surface area (Å²) in [6.07, 6.45) is 3.05. The van der Waals surface area contributed by atoms with Gasteiger partial charge in [0.1, 0.15) is 0 Å². The predicted molar refractivity (Wildman–Crippen MR) is 125 cm³/mol. The maximum atomic E-state index is 12.8. The summed E-state index contributed by atoms with van der Waals surface area (Å²) in [5.74, 6) is -1.13. The van der Waals surface area contributed by atoms with Gasteiger partial charge in [0.05, 0.1) is 17.8 Å². The molecule has 1 aromatic heterocycles. The Morgan fingerprint density at radius 3 is 2.09 bits per heavy atom. The SMILES string of the molecule is Cc1cc(C)c(NC(=O)CNC(=O)c2cccc(C)c2NC(=O)c2ccncc2)c(C)c1.